The molecule has 3 unspecified atom stereocenters. The van der Waals surface area contributed by atoms with Crippen molar-refractivity contribution in [2.75, 3.05) is 31.6 Å². The summed E-state index contributed by atoms with van der Waals surface area (Å²) in [7, 11) is 0. The number of piperidine rings is 3. The largest absolute Gasteiger partial charge is 0.494 e. The van der Waals surface area contributed by atoms with Crippen LogP contribution in [0, 0.1) is 11.8 Å². The molecule has 4 nitrogen and oxygen atoms in total. The Labute approximate surface area is 212 Å². The highest BCUT2D eigenvalue weighted by atomic mass is 79.9. The van der Waals surface area contributed by atoms with Gasteiger partial charge in [0.15, 0.2) is 0 Å². The van der Waals surface area contributed by atoms with Crippen molar-refractivity contribution in [1.82, 2.24) is 4.90 Å². The molecule has 0 amide bonds. The first-order chi connectivity index (χ1) is 16.7. The summed E-state index contributed by atoms with van der Waals surface area (Å²) < 4.78 is 12.4. The van der Waals surface area contributed by atoms with Crippen molar-refractivity contribution in [2.45, 2.75) is 62.7 Å². The normalized spacial score (nSPS) is 28.6. The van der Waals surface area contributed by atoms with E-state index in [1.807, 2.05) is 18.2 Å². The van der Waals surface area contributed by atoms with Gasteiger partial charge in [0.25, 0.3) is 0 Å². The molecule has 2 aromatic rings. The fourth-order valence-electron chi connectivity index (χ4n) is 6.35. The first-order valence-electron chi connectivity index (χ1n) is 13.1. The molecule has 5 atom stereocenters. The molecule has 5 heteroatoms. The number of alkyl halides is 1. The molecule has 1 saturated carbocycles. The van der Waals surface area contributed by atoms with Gasteiger partial charge in [-0.05, 0) is 73.7 Å². The molecule has 1 aliphatic carbocycles. The fraction of sp³-hybridized carbons (Fsp3) is 0.586. The Kier molecular flexibility index (Phi) is 7.94. The number of benzene rings is 2. The molecule has 4 fully saturated rings. The van der Waals surface area contributed by atoms with Crippen LogP contribution in [0.4, 0.5) is 0 Å². The number of hydrogen-bond donors (Lipinski definition) is 1. The average molecular weight is 529 g/mol. The number of fused-ring (bicyclic) bond motifs is 3. The molecule has 2 bridgehead atoms. The molecule has 2 aromatic carbocycles. The van der Waals surface area contributed by atoms with Crippen molar-refractivity contribution in [3.05, 3.63) is 65.7 Å². The number of nitrogens with zero attached hydrogens (tertiary/aromatic N) is 1. The molecule has 6 rings (SSSR count). The van der Waals surface area contributed by atoms with Crippen LogP contribution in [0.5, 0.6) is 5.75 Å². The van der Waals surface area contributed by atoms with Gasteiger partial charge in [0.05, 0.1) is 19.3 Å². The Morgan fingerprint density at radius 1 is 1.00 bits per heavy atom. The minimum atomic E-state index is -0.881. The van der Waals surface area contributed by atoms with Crippen LogP contribution in [0.2, 0.25) is 0 Å². The van der Waals surface area contributed by atoms with Gasteiger partial charge in [0.1, 0.15) is 11.4 Å². The smallest absolute Gasteiger partial charge is 0.119 e. The molecule has 34 heavy (non-hydrogen) atoms. The summed E-state index contributed by atoms with van der Waals surface area (Å²) in [5.41, 5.74) is 1.51. The lowest BCUT2D eigenvalue weighted by Crippen LogP contribution is -2.54. The van der Waals surface area contributed by atoms with E-state index in [4.69, 9.17) is 9.47 Å². The second kappa shape index (κ2) is 11.1. The Morgan fingerprint density at radius 2 is 1.76 bits per heavy atom. The number of rotatable bonds is 10. The van der Waals surface area contributed by atoms with Gasteiger partial charge in [0, 0.05) is 17.9 Å². The maximum absolute atomic E-state index is 11.9. The maximum Gasteiger partial charge on any atom is 0.119 e. The predicted octanol–water partition coefficient (Wildman–Crippen LogP) is 6.08. The highest BCUT2D eigenvalue weighted by Gasteiger charge is 2.45. The van der Waals surface area contributed by atoms with Gasteiger partial charge in [0.2, 0.25) is 0 Å². The van der Waals surface area contributed by atoms with Crippen LogP contribution in [0.3, 0.4) is 0 Å². The van der Waals surface area contributed by atoms with Gasteiger partial charge in [-0.3, -0.25) is 4.90 Å². The van der Waals surface area contributed by atoms with Gasteiger partial charge in [-0.2, -0.15) is 0 Å². The third-order valence-electron chi connectivity index (χ3n) is 8.33. The minimum Gasteiger partial charge on any atom is -0.494 e. The van der Waals surface area contributed by atoms with Gasteiger partial charge >= 0.3 is 0 Å². The average Bonchev–Trinajstić information content (AvgIpc) is 3.45. The van der Waals surface area contributed by atoms with E-state index in [2.05, 4.69) is 57.2 Å². The van der Waals surface area contributed by atoms with Crippen molar-refractivity contribution in [3.63, 3.8) is 0 Å². The van der Waals surface area contributed by atoms with E-state index in [1.165, 1.54) is 24.8 Å². The lowest BCUT2D eigenvalue weighted by molar-refractivity contribution is -0.152. The molecule has 3 heterocycles. The summed E-state index contributed by atoms with van der Waals surface area (Å²) in [5.74, 6) is 1.79. The summed E-state index contributed by atoms with van der Waals surface area (Å²) in [5, 5.41) is 12.8. The number of halogens is 1. The molecule has 4 aliphatic rings. The zero-order valence-corrected chi connectivity index (χ0v) is 21.7. The highest BCUT2D eigenvalue weighted by Crippen LogP contribution is 2.44. The van der Waals surface area contributed by atoms with E-state index in [0.29, 0.717) is 24.5 Å². The van der Waals surface area contributed by atoms with E-state index in [0.717, 1.165) is 62.0 Å². The van der Waals surface area contributed by atoms with E-state index >= 15 is 0 Å². The SMILES string of the molecule is O[C@@](CO[C@H]1CN2CCC1CC2c1ccc(OCCCBr)cc1)(c1ccccc1)C1CCCC1. The summed E-state index contributed by atoms with van der Waals surface area (Å²) in [6.45, 7) is 3.23. The second-order valence-electron chi connectivity index (χ2n) is 10.4. The topological polar surface area (TPSA) is 41.9 Å². The molecular weight excluding hydrogens is 490 g/mol. The zero-order valence-electron chi connectivity index (χ0n) is 20.1. The van der Waals surface area contributed by atoms with E-state index in [9.17, 15) is 5.11 Å². The van der Waals surface area contributed by atoms with Crippen molar-refractivity contribution in [2.24, 2.45) is 11.8 Å². The van der Waals surface area contributed by atoms with Crippen molar-refractivity contribution < 1.29 is 14.6 Å². The van der Waals surface area contributed by atoms with Crippen LogP contribution in [0.15, 0.2) is 54.6 Å². The summed E-state index contributed by atoms with van der Waals surface area (Å²) >= 11 is 3.45. The van der Waals surface area contributed by atoms with E-state index in [1.54, 1.807) is 0 Å². The zero-order chi connectivity index (χ0) is 23.4. The lowest BCUT2D eigenvalue weighted by atomic mass is 9.78. The Morgan fingerprint density at radius 3 is 2.44 bits per heavy atom. The monoisotopic (exact) mass is 527 g/mol. The highest BCUT2D eigenvalue weighted by molar-refractivity contribution is 9.09. The van der Waals surface area contributed by atoms with Crippen molar-refractivity contribution >= 4 is 15.9 Å². The molecule has 1 N–H and O–H groups in total. The third-order valence-corrected chi connectivity index (χ3v) is 8.89. The molecule has 0 aromatic heterocycles. The number of aliphatic hydroxyl groups is 1. The number of hydrogen-bond acceptors (Lipinski definition) is 4. The second-order valence-corrected chi connectivity index (χ2v) is 11.2. The van der Waals surface area contributed by atoms with Crippen molar-refractivity contribution in [1.29, 1.82) is 0 Å². The van der Waals surface area contributed by atoms with E-state index < -0.39 is 5.60 Å². The van der Waals surface area contributed by atoms with Gasteiger partial charge in [-0.15, -0.1) is 0 Å². The van der Waals surface area contributed by atoms with Crippen LogP contribution in [0.1, 0.15) is 62.1 Å². The van der Waals surface area contributed by atoms with Crippen LogP contribution >= 0.6 is 15.9 Å². The minimum absolute atomic E-state index is 0.202. The van der Waals surface area contributed by atoms with Crippen LogP contribution in [-0.2, 0) is 10.3 Å². The summed E-state index contributed by atoms with van der Waals surface area (Å²) in [4.78, 5) is 2.59. The Balaban J connectivity index is 1.22. The molecular formula is C29H38BrNO3. The third kappa shape index (κ3) is 5.23. The number of ether oxygens (including phenoxy) is 2. The van der Waals surface area contributed by atoms with E-state index in [-0.39, 0.29) is 6.10 Å². The van der Waals surface area contributed by atoms with Gasteiger partial charge in [-0.1, -0.05) is 71.2 Å². The standard InChI is InChI=1S/C29H38BrNO3/c30-16-6-18-33-26-13-11-22(12-14-26)27-19-23-15-17-31(27)20-28(23)34-21-29(32,25-9-4-5-10-25)24-7-2-1-3-8-24/h1-3,7-8,11-14,23,25,27-28,32H,4-6,9-10,15-21H2/t23?,27?,28-,29-/m0/s1. The molecule has 0 radical (unpaired) electrons. The van der Waals surface area contributed by atoms with Gasteiger partial charge in [-0.25, -0.2) is 0 Å². The Hall–Kier alpha value is -1.40. The quantitative estimate of drug-likeness (QED) is 0.300. The predicted molar refractivity (Wildman–Crippen MR) is 139 cm³/mol. The molecule has 3 aliphatic heterocycles. The van der Waals surface area contributed by atoms with Crippen LogP contribution in [0.25, 0.3) is 0 Å². The van der Waals surface area contributed by atoms with Crippen LogP contribution < -0.4 is 4.74 Å². The van der Waals surface area contributed by atoms with Gasteiger partial charge < -0.3 is 14.6 Å². The molecule has 3 saturated heterocycles. The molecule has 0 spiro atoms. The Bertz CT molecular complexity index is 901. The summed E-state index contributed by atoms with van der Waals surface area (Å²) in [6.07, 6.45) is 8.13. The maximum atomic E-state index is 11.9. The lowest BCUT2D eigenvalue weighted by Gasteiger charge is -2.50. The fourth-order valence-corrected chi connectivity index (χ4v) is 6.57. The summed E-state index contributed by atoms with van der Waals surface area (Å²) in [6, 6.07) is 19.4. The first kappa shape index (κ1) is 24.3. The first-order valence-corrected chi connectivity index (χ1v) is 14.2. The van der Waals surface area contributed by atoms with Crippen LogP contribution in [-0.4, -0.2) is 47.7 Å². The molecule has 184 valence electrons. The van der Waals surface area contributed by atoms with Crippen molar-refractivity contribution in [3.8, 4) is 5.75 Å².